The van der Waals surface area contributed by atoms with Crippen LogP contribution in [0.3, 0.4) is 0 Å². The van der Waals surface area contributed by atoms with E-state index < -0.39 is 0 Å². The Bertz CT molecular complexity index is 608. The molecule has 1 aromatic rings. The van der Waals surface area contributed by atoms with Crippen molar-refractivity contribution in [3.05, 3.63) is 29.3 Å². The minimum absolute atomic E-state index is 0.472. The van der Waals surface area contributed by atoms with Gasteiger partial charge in [-0.05, 0) is 62.1 Å². The largest absolute Gasteiger partial charge is 0.382 e. The number of hydrogen-bond donors (Lipinski definition) is 3. The van der Waals surface area contributed by atoms with Crippen molar-refractivity contribution in [1.82, 2.24) is 15.8 Å². The van der Waals surface area contributed by atoms with Crippen LogP contribution in [0, 0.1) is 5.92 Å². The van der Waals surface area contributed by atoms with Crippen LogP contribution in [0.15, 0.2) is 18.2 Å². The van der Waals surface area contributed by atoms with Crippen molar-refractivity contribution < 1.29 is 4.74 Å². The van der Waals surface area contributed by atoms with Gasteiger partial charge in [0.05, 0.1) is 13.2 Å². The fraction of sp³-hybridized carbons (Fsp3) is 0.714. The lowest BCUT2D eigenvalue weighted by atomic mass is 9.90. The molecule has 3 heterocycles. The van der Waals surface area contributed by atoms with Crippen LogP contribution >= 0.6 is 0 Å². The molecule has 0 spiro atoms. The number of rotatable bonds is 4. The molecule has 144 valence electrons. The molecule has 26 heavy (non-hydrogen) atoms. The minimum Gasteiger partial charge on any atom is -0.382 e. The number of aryl methyl sites for hydroxylation is 1. The Kier molecular flexibility index (Phi) is 5.79. The average molecular weight is 359 g/mol. The van der Waals surface area contributed by atoms with Crippen LogP contribution in [0.25, 0.3) is 0 Å². The van der Waals surface area contributed by atoms with Crippen molar-refractivity contribution in [1.29, 1.82) is 0 Å². The lowest BCUT2D eigenvalue weighted by Crippen LogP contribution is -2.49. The average Bonchev–Trinajstić information content (AvgIpc) is 2.61. The molecule has 4 rings (SSSR count). The summed E-state index contributed by atoms with van der Waals surface area (Å²) in [6, 6.07) is 8.61. The summed E-state index contributed by atoms with van der Waals surface area (Å²) in [7, 11) is 2.15. The molecule has 0 saturated carbocycles. The van der Waals surface area contributed by atoms with E-state index in [-0.39, 0.29) is 0 Å². The predicted molar refractivity (Wildman–Crippen MR) is 106 cm³/mol. The maximum Gasteiger partial charge on any atom is 0.0621 e. The van der Waals surface area contributed by atoms with Crippen LogP contribution in [0.2, 0.25) is 0 Å². The Hall–Kier alpha value is -1.14. The number of ether oxygens (including phenoxy) is 1. The van der Waals surface area contributed by atoms with Crippen LogP contribution in [0.1, 0.15) is 37.3 Å². The third kappa shape index (κ3) is 4.58. The molecular weight excluding hydrogens is 324 g/mol. The summed E-state index contributed by atoms with van der Waals surface area (Å²) in [6.07, 6.45) is 6.00. The van der Waals surface area contributed by atoms with Gasteiger partial charge in [-0.25, -0.2) is 5.01 Å². The molecule has 1 unspecified atom stereocenters. The first-order valence-electron chi connectivity index (χ1n) is 10.3. The van der Waals surface area contributed by atoms with E-state index >= 15 is 0 Å². The Morgan fingerprint density at radius 3 is 2.96 bits per heavy atom. The van der Waals surface area contributed by atoms with Gasteiger partial charge in [-0.2, -0.15) is 0 Å². The first-order chi connectivity index (χ1) is 12.7. The monoisotopic (exact) mass is 358 g/mol. The quantitative estimate of drug-likeness (QED) is 0.770. The number of morpholine rings is 1. The number of hydrazine groups is 1. The summed E-state index contributed by atoms with van der Waals surface area (Å²) in [5, 5.41) is 9.75. The summed E-state index contributed by atoms with van der Waals surface area (Å²) < 4.78 is 5.72. The standard InChI is InChI=1S/C21H34N4O/c1-15-13-26-14-20(23-15)11-19-6-5-18-4-3-16(10-21(18)24-19)9-17-7-8-22-25(2)12-17/h3-4,10,15,17,19-20,22-24H,5-9,11-14H2,1-2H3/t15-,17+,19+,20?/m1/s1. The number of benzene rings is 1. The zero-order chi connectivity index (χ0) is 17.9. The van der Waals surface area contributed by atoms with Crippen molar-refractivity contribution in [2.75, 3.05) is 38.7 Å². The molecule has 3 aliphatic heterocycles. The maximum absolute atomic E-state index is 5.72. The number of hydrogen-bond acceptors (Lipinski definition) is 5. The molecule has 5 nitrogen and oxygen atoms in total. The Balaban J connectivity index is 1.36. The molecule has 4 atom stereocenters. The van der Waals surface area contributed by atoms with E-state index in [0.29, 0.717) is 18.1 Å². The summed E-state index contributed by atoms with van der Waals surface area (Å²) >= 11 is 0. The Morgan fingerprint density at radius 1 is 1.19 bits per heavy atom. The Labute approximate surface area is 157 Å². The fourth-order valence-corrected chi connectivity index (χ4v) is 4.77. The highest BCUT2D eigenvalue weighted by atomic mass is 16.5. The van der Waals surface area contributed by atoms with E-state index in [0.717, 1.165) is 38.6 Å². The van der Waals surface area contributed by atoms with Gasteiger partial charge in [0.15, 0.2) is 0 Å². The van der Waals surface area contributed by atoms with E-state index in [4.69, 9.17) is 4.74 Å². The Morgan fingerprint density at radius 2 is 2.12 bits per heavy atom. The lowest BCUT2D eigenvalue weighted by molar-refractivity contribution is 0.0465. The maximum atomic E-state index is 5.72. The second kappa shape index (κ2) is 8.26. The number of anilines is 1. The summed E-state index contributed by atoms with van der Waals surface area (Å²) in [4.78, 5) is 0. The molecule has 1 aromatic carbocycles. The van der Waals surface area contributed by atoms with Gasteiger partial charge < -0.3 is 15.4 Å². The molecule has 0 amide bonds. The van der Waals surface area contributed by atoms with Gasteiger partial charge in [-0.15, -0.1) is 0 Å². The highest BCUT2D eigenvalue weighted by Gasteiger charge is 2.25. The predicted octanol–water partition coefficient (Wildman–Crippen LogP) is 2.18. The van der Waals surface area contributed by atoms with Gasteiger partial charge in [-0.3, -0.25) is 5.43 Å². The van der Waals surface area contributed by atoms with Gasteiger partial charge >= 0.3 is 0 Å². The second-order valence-electron chi connectivity index (χ2n) is 8.56. The molecule has 2 saturated heterocycles. The molecule has 3 aliphatic rings. The molecule has 3 N–H and O–H groups in total. The molecule has 0 aromatic heterocycles. The van der Waals surface area contributed by atoms with Gasteiger partial charge in [0.25, 0.3) is 0 Å². The minimum atomic E-state index is 0.472. The molecule has 2 fully saturated rings. The van der Waals surface area contributed by atoms with Crippen molar-refractivity contribution in [3.8, 4) is 0 Å². The van der Waals surface area contributed by atoms with E-state index in [2.05, 4.69) is 53.2 Å². The van der Waals surface area contributed by atoms with Crippen molar-refractivity contribution in [2.45, 2.75) is 57.2 Å². The van der Waals surface area contributed by atoms with Crippen LogP contribution in [-0.4, -0.2) is 56.5 Å². The zero-order valence-electron chi connectivity index (χ0n) is 16.3. The van der Waals surface area contributed by atoms with Crippen LogP contribution < -0.4 is 16.1 Å². The smallest absolute Gasteiger partial charge is 0.0621 e. The first kappa shape index (κ1) is 18.2. The number of fused-ring (bicyclic) bond motifs is 1. The summed E-state index contributed by atoms with van der Waals surface area (Å²) in [5.74, 6) is 0.753. The first-order valence-corrected chi connectivity index (χ1v) is 10.3. The third-order valence-corrected chi connectivity index (χ3v) is 6.06. The van der Waals surface area contributed by atoms with Crippen molar-refractivity contribution >= 4 is 5.69 Å². The van der Waals surface area contributed by atoms with Crippen LogP contribution in [0.5, 0.6) is 0 Å². The molecule has 0 aliphatic carbocycles. The highest BCUT2D eigenvalue weighted by Crippen LogP contribution is 2.29. The van der Waals surface area contributed by atoms with E-state index in [1.807, 2.05) is 0 Å². The van der Waals surface area contributed by atoms with E-state index in [1.54, 1.807) is 0 Å². The van der Waals surface area contributed by atoms with Gasteiger partial charge in [-0.1, -0.05) is 12.1 Å². The van der Waals surface area contributed by atoms with Gasteiger partial charge in [0.1, 0.15) is 0 Å². The zero-order valence-corrected chi connectivity index (χ0v) is 16.3. The molecule has 0 radical (unpaired) electrons. The number of nitrogens with zero attached hydrogens (tertiary/aromatic N) is 1. The molecular formula is C21H34N4O. The third-order valence-electron chi connectivity index (χ3n) is 6.06. The summed E-state index contributed by atoms with van der Waals surface area (Å²) in [6.45, 7) is 6.13. The lowest BCUT2D eigenvalue weighted by Gasteiger charge is -2.34. The SMILES string of the molecule is C[C@@H]1COCC(C[C@@H]2CCc3ccc(C[C@@H]4CCNN(C)C4)cc3N2)N1. The van der Waals surface area contributed by atoms with E-state index in [1.165, 1.54) is 42.5 Å². The fourth-order valence-electron chi connectivity index (χ4n) is 4.77. The van der Waals surface area contributed by atoms with E-state index in [9.17, 15) is 0 Å². The topological polar surface area (TPSA) is 48.6 Å². The van der Waals surface area contributed by atoms with Crippen molar-refractivity contribution in [3.63, 3.8) is 0 Å². The van der Waals surface area contributed by atoms with Crippen molar-refractivity contribution in [2.24, 2.45) is 5.92 Å². The second-order valence-corrected chi connectivity index (χ2v) is 8.56. The molecule has 5 heteroatoms. The molecule has 0 bridgehead atoms. The summed E-state index contributed by atoms with van der Waals surface area (Å²) in [5.41, 5.74) is 7.72. The van der Waals surface area contributed by atoms with Gasteiger partial charge in [0, 0.05) is 44.0 Å². The van der Waals surface area contributed by atoms with Crippen LogP contribution in [-0.2, 0) is 17.6 Å². The van der Waals surface area contributed by atoms with Crippen LogP contribution in [0.4, 0.5) is 5.69 Å². The normalized spacial score (nSPS) is 32.7. The van der Waals surface area contributed by atoms with Gasteiger partial charge in [0.2, 0.25) is 0 Å². The highest BCUT2D eigenvalue weighted by molar-refractivity contribution is 5.56. The number of nitrogens with one attached hydrogen (secondary N) is 3.